The molecule has 0 amide bonds. The van der Waals surface area contributed by atoms with Crippen molar-refractivity contribution in [1.82, 2.24) is 0 Å². The molecular formula is C23H38O7S. The molecule has 0 aromatic rings. The van der Waals surface area contributed by atoms with E-state index in [-0.39, 0.29) is 17.5 Å². The lowest BCUT2D eigenvalue weighted by Gasteiger charge is -2.62. The zero-order valence-corrected chi connectivity index (χ0v) is 20.0. The second-order valence-corrected chi connectivity index (χ2v) is 12.3. The van der Waals surface area contributed by atoms with Crippen LogP contribution in [0.15, 0.2) is 0 Å². The molecule has 0 unspecified atom stereocenters. The number of esters is 1. The van der Waals surface area contributed by atoms with E-state index in [4.69, 9.17) is 8.92 Å². The predicted molar refractivity (Wildman–Crippen MR) is 114 cm³/mol. The summed E-state index contributed by atoms with van der Waals surface area (Å²) in [5, 5.41) is 11.6. The van der Waals surface area contributed by atoms with Gasteiger partial charge in [-0.05, 0) is 93.8 Å². The van der Waals surface area contributed by atoms with Gasteiger partial charge < -0.3 is 9.84 Å². The molecule has 2 N–H and O–H groups in total. The average Bonchev–Trinajstić information content (AvgIpc) is 2.93. The van der Waals surface area contributed by atoms with Gasteiger partial charge in [-0.1, -0.05) is 13.8 Å². The Hall–Kier alpha value is -0.700. The Kier molecular flexibility index (Phi) is 5.81. The predicted octanol–water partition coefficient (Wildman–Crippen LogP) is 3.90. The highest BCUT2D eigenvalue weighted by molar-refractivity contribution is 7.80. The molecule has 4 aliphatic carbocycles. The van der Waals surface area contributed by atoms with Crippen molar-refractivity contribution in [1.29, 1.82) is 0 Å². The molecule has 0 aromatic heterocycles. The molecule has 8 heteroatoms. The van der Waals surface area contributed by atoms with Crippen molar-refractivity contribution < 1.29 is 31.8 Å². The van der Waals surface area contributed by atoms with Crippen LogP contribution >= 0.6 is 0 Å². The van der Waals surface area contributed by atoms with E-state index in [1.54, 1.807) is 6.92 Å². The maximum atomic E-state index is 11.6. The third-order valence-electron chi connectivity index (χ3n) is 10.1. The summed E-state index contributed by atoms with van der Waals surface area (Å²) in [4.78, 5) is 11.4. The molecule has 31 heavy (non-hydrogen) atoms. The minimum Gasteiger partial charge on any atom is -0.463 e. The number of hydrogen-bond acceptors (Lipinski definition) is 6. The summed E-state index contributed by atoms with van der Waals surface area (Å²) in [6, 6.07) is 0. The van der Waals surface area contributed by atoms with Crippen molar-refractivity contribution in [3.63, 3.8) is 0 Å². The van der Waals surface area contributed by atoms with Crippen LogP contribution in [0.4, 0.5) is 0 Å². The highest BCUT2D eigenvalue weighted by atomic mass is 32.3. The van der Waals surface area contributed by atoms with E-state index >= 15 is 0 Å². The minimum absolute atomic E-state index is 0.0379. The standard InChI is InChI=1S/C23H38O7S/c1-14(30-31(26,27)28)23(25)12-9-20-18-6-5-16-13-17(29-15(2)24)7-10-21(16,3)19(18)8-11-22(20,23)4/h14,16-20,25H,5-13H2,1-4H3,(H,26,27,28)/t14-,16-,17-,18-,19+,20+,21+,22+,23+/m1/s1/i14+1. The zero-order chi connectivity index (χ0) is 22.8. The summed E-state index contributed by atoms with van der Waals surface area (Å²) in [6.07, 6.45) is 7.36. The topological polar surface area (TPSA) is 110 Å². The van der Waals surface area contributed by atoms with Crippen molar-refractivity contribution >= 4 is 16.4 Å². The molecule has 0 radical (unpaired) electrons. The van der Waals surface area contributed by atoms with E-state index in [0.29, 0.717) is 30.1 Å². The normalized spacial score (nSPS) is 48.3. The summed E-state index contributed by atoms with van der Waals surface area (Å²) in [5.74, 6) is 1.74. The molecule has 0 bridgehead atoms. The zero-order valence-electron chi connectivity index (χ0n) is 19.2. The van der Waals surface area contributed by atoms with E-state index in [2.05, 4.69) is 13.8 Å². The molecule has 0 aliphatic heterocycles. The highest BCUT2D eigenvalue weighted by Crippen LogP contribution is 2.69. The Balaban J connectivity index is 1.54. The lowest BCUT2D eigenvalue weighted by Crippen LogP contribution is -2.60. The highest BCUT2D eigenvalue weighted by Gasteiger charge is 2.66. The molecule has 4 saturated carbocycles. The Bertz CT molecular complexity index is 828. The Morgan fingerprint density at radius 1 is 1.03 bits per heavy atom. The van der Waals surface area contributed by atoms with Crippen molar-refractivity contribution in [3.05, 3.63) is 0 Å². The molecule has 4 rings (SSSR count). The summed E-state index contributed by atoms with van der Waals surface area (Å²) in [5.41, 5.74) is -1.49. The van der Waals surface area contributed by atoms with Crippen molar-refractivity contribution in [3.8, 4) is 0 Å². The number of ether oxygens (including phenoxy) is 1. The van der Waals surface area contributed by atoms with Crippen LogP contribution in [0.5, 0.6) is 0 Å². The van der Waals surface area contributed by atoms with Gasteiger partial charge in [-0.15, -0.1) is 0 Å². The molecule has 4 fully saturated rings. The van der Waals surface area contributed by atoms with Crippen LogP contribution in [-0.2, 0) is 24.1 Å². The van der Waals surface area contributed by atoms with Crippen LogP contribution in [-0.4, -0.2) is 41.9 Å². The van der Waals surface area contributed by atoms with Gasteiger partial charge in [0.25, 0.3) is 0 Å². The van der Waals surface area contributed by atoms with E-state index in [1.165, 1.54) is 6.92 Å². The van der Waals surface area contributed by atoms with Gasteiger partial charge in [0.2, 0.25) is 0 Å². The van der Waals surface area contributed by atoms with Gasteiger partial charge in [-0.2, -0.15) is 8.42 Å². The molecule has 0 aromatic carbocycles. The molecule has 0 spiro atoms. The second kappa shape index (κ2) is 7.67. The summed E-state index contributed by atoms with van der Waals surface area (Å²) in [7, 11) is -4.62. The summed E-state index contributed by atoms with van der Waals surface area (Å²) in [6.45, 7) is 7.56. The molecule has 9 atom stereocenters. The van der Waals surface area contributed by atoms with Crippen LogP contribution in [0.25, 0.3) is 0 Å². The molecular weight excluding hydrogens is 421 g/mol. The average molecular weight is 460 g/mol. The fourth-order valence-electron chi connectivity index (χ4n) is 8.54. The third-order valence-corrected chi connectivity index (χ3v) is 10.6. The van der Waals surface area contributed by atoms with Crippen LogP contribution in [0.3, 0.4) is 0 Å². The molecule has 178 valence electrons. The summed E-state index contributed by atoms with van der Waals surface area (Å²) < 4.78 is 42.2. The van der Waals surface area contributed by atoms with Gasteiger partial charge in [0, 0.05) is 12.3 Å². The maximum Gasteiger partial charge on any atom is 0.397 e. The number of hydrogen-bond donors (Lipinski definition) is 2. The first kappa shape index (κ1) is 23.5. The van der Waals surface area contributed by atoms with Crippen molar-refractivity contribution in [2.24, 2.45) is 34.5 Å². The molecule has 0 heterocycles. The Labute approximate surface area is 186 Å². The number of fused-ring (bicyclic) bond motifs is 5. The second-order valence-electron chi connectivity index (χ2n) is 11.2. The van der Waals surface area contributed by atoms with Gasteiger partial charge in [-0.3, -0.25) is 9.35 Å². The number of aliphatic hydroxyl groups is 1. The van der Waals surface area contributed by atoms with E-state index in [1.807, 2.05) is 0 Å². The third kappa shape index (κ3) is 3.75. The van der Waals surface area contributed by atoms with Gasteiger partial charge in [0.1, 0.15) is 12.2 Å². The first-order chi connectivity index (χ1) is 14.3. The van der Waals surface area contributed by atoms with Gasteiger partial charge in [0.15, 0.2) is 0 Å². The van der Waals surface area contributed by atoms with Crippen LogP contribution < -0.4 is 0 Å². The SMILES string of the molecule is CC(=O)O[C@@H]1CC[C@@]2(C)[C@H](CC[C@@H]3[C@@H]2CC[C@@]2(C)[C@H]3CC[C@]2(O)[13C@@H](C)OS(=O)(=O)O)C1. The monoisotopic (exact) mass is 459 g/mol. The Morgan fingerprint density at radius 2 is 1.71 bits per heavy atom. The van der Waals surface area contributed by atoms with Crippen LogP contribution in [0, 0.1) is 34.5 Å². The lowest BCUT2D eigenvalue weighted by atomic mass is 9.44. The number of rotatable bonds is 4. The summed E-state index contributed by atoms with van der Waals surface area (Å²) >= 11 is 0. The van der Waals surface area contributed by atoms with Crippen molar-refractivity contribution in [2.75, 3.05) is 0 Å². The van der Waals surface area contributed by atoms with Gasteiger partial charge >= 0.3 is 16.4 Å². The number of carbonyl (C=O) groups excluding carboxylic acids is 1. The first-order valence-electron chi connectivity index (χ1n) is 11.9. The molecule has 4 aliphatic rings. The minimum atomic E-state index is -4.62. The maximum absolute atomic E-state index is 11.6. The smallest absolute Gasteiger partial charge is 0.397 e. The number of carbonyl (C=O) groups is 1. The quantitative estimate of drug-likeness (QED) is 0.373. The molecule has 7 nitrogen and oxygen atoms in total. The lowest BCUT2D eigenvalue weighted by molar-refractivity contribution is -0.185. The van der Waals surface area contributed by atoms with Crippen LogP contribution in [0.2, 0.25) is 0 Å². The molecule has 0 saturated heterocycles. The Morgan fingerprint density at radius 3 is 2.35 bits per heavy atom. The van der Waals surface area contributed by atoms with Gasteiger partial charge in [-0.25, -0.2) is 4.18 Å². The van der Waals surface area contributed by atoms with E-state index < -0.39 is 27.5 Å². The first-order valence-corrected chi connectivity index (χ1v) is 13.2. The fraction of sp³-hybridized carbons (Fsp3) is 0.957. The van der Waals surface area contributed by atoms with Gasteiger partial charge in [0.05, 0.1) is 5.60 Å². The largest absolute Gasteiger partial charge is 0.463 e. The van der Waals surface area contributed by atoms with E-state index in [0.717, 1.165) is 51.4 Å². The van der Waals surface area contributed by atoms with E-state index in [9.17, 15) is 22.9 Å². The fourth-order valence-corrected chi connectivity index (χ4v) is 9.07. The van der Waals surface area contributed by atoms with Crippen LogP contribution in [0.1, 0.15) is 85.5 Å². The van der Waals surface area contributed by atoms with Crippen molar-refractivity contribution in [2.45, 2.75) is 103 Å².